The summed E-state index contributed by atoms with van der Waals surface area (Å²) in [6.07, 6.45) is 4.61. The predicted octanol–water partition coefficient (Wildman–Crippen LogP) is 7.64. The summed E-state index contributed by atoms with van der Waals surface area (Å²) in [7, 11) is 0. The summed E-state index contributed by atoms with van der Waals surface area (Å²) in [5.41, 5.74) is 2.00. The Balaban J connectivity index is 1.83. The van der Waals surface area contributed by atoms with Gasteiger partial charge in [0, 0.05) is 27.8 Å². The van der Waals surface area contributed by atoms with Crippen molar-refractivity contribution in [3.63, 3.8) is 0 Å². The molecule has 0 radical (unpaired) electrons. The zero-order valence-electron chi connectivity index (χ0n) is 19.1. The van der Waals surface area contributed by atoms with E-state index in [1.54, 1.807) is 6.08 Å². The van der Waals surface area contributed by atoms with Crippen LogP contribution in [0.4, 0.5) is 0 Å². The van der Waals surface area contributed by atoms with Crippen LogP contribution >= 0.6 is 35.0 Å². The Kier molecular flexibility index (Phi) is 8.11. The smallest absolute Gasteiger partial charge is 0.252 e. The van der Waals surface area contributed by atoms with Crippen LogP contribution in [0.1, 0.15) is 62.8 Å². The van der Waals surface area contributed by atoms with Crippen molar-refractivity contribution in [2.75, 3.05) is 0 Å². The maximum atomic E-state index is 13.9. The fourth-order valence-electron chi connectivity index (χ4n) is 5.11. The zero-order chi connectivity index (χ0) is 23.5. The molecule has 3 nitrogen and oxygen atoms in total. The average molecular weight is 505 g/mol. The van der Waals surface area contributed by atoms with Gasteiger partial charge in [-0.15, -0.1) is 6.58 Å². The molecule has 1 heterocycles. The van der Waals surface area contributed by atoms with Gasteiger partial charge in [-0.3, -0.25) is 4.79 Å². The lowest BCUT2D eigenvalue weighted by Gasteiger charge is -2.48. The molecule has 1 saturated carbocycles. The number of thioether (sulfide) groups is 1. The van der Waals surface area contributed by atoms with Crippen LogP contribution in [0.25, 0.3) is 0 Å². The summed E-state index contributed by atoms with van der Waals surface area (Å²) in [6, 6.07) is 15.5. The highest BCUT2D eigenvalue weighted by Crippen LogP contribution is 2.48. The van der Waals surface area contributed by atoms with Crippen molar-refractivity contribution in [2.24, 2.45) is 0 Å². The van der Waals surface area contributed by atoms with E-state index in [1.165, 1.54) is 0 Å². The molecule has 176 valence electrons. The number of hydrogen-bond acceptors (Lipinski definition) is 3. The number of halogens is 2. The van der Waals surface area contributed by atoms with E-state index >= 15 is 0 Å². The van der Waals surface area contributed by atoms with Gasteiger partial charge in [0.05, 0.1) is 6.04 Å². The summed E-state index contributed by atoms with van der Waals surface area (Å²) < 4.78 is 6.52. The van der Waals surface area contributed by atoms with Crippen molar-refractivity contribution in [1.29, 1.82) is 0 Å². The molecule has 1 aliphatic heterocycles. The summed E-state index contributed by atoms with van der Waals surface area (Å²) in [5.74, 6) is 0.0504. The Labute approximate surface area is 211 Å². The number of morpholine rings is 1. The monoisotopic (exact) mass is 503 g/mol. The Morgan fingerprint density at radius 2 is 1.88 bits per heavy atom. The van der Waals surface area contributed by atoms with E-state index in [2.05, 4.69) is 25.3 Å². The van der Waals surface area contributed by atoms with Gasteiger partial charge in [0.2, 0.25) is 0 Å². The fraction of sp³-hybridized carbons (Fsp3) is 0.444. The van der Waals surface area contributed by atoms with Crippen molar-refractivity contribution < 1.29 is 9.53 Å². The molecule has 0 aromatic heterocycles. The molecular formula is C27H31Cl2NO2S. The molecule has 6 heteroatoms. The van der Waals surface area contributed by atoms with Gasteiger partial charge in [-0.2, -0.15) is 11.8 Å². The summed E-state index contributed by atoms with van der Waals surface area (Å²) in [4.78, 5) is 16.1. The standard InChI is InChI=1S/C27H31Cl2NO2S/c1-4-7-23-27(31)30(22-10-6-11-24(22)33-17(2)3)25(18-12-14-20(28)15-13-18)26(32-23)19-8-5-9-21(29)16-19/h4-5,8-9,12-17,22-26H,1,6-7,10-11H2,2-3H3/t22-,23-,24-,25-,26-/m1/s1. The summed E-state index contributed by atoms with van der Waals surface area (Å²) in [6.45, 7) is 8.33. The zero-order valence-corrected chi connectivity index (χ0v) is 21.5. The predicted molar refractivity (Wildman–Crippen MR) is 139 cm³/mol. The van der Waals surface area contributed by atoms with Crippen LogP contribution in [-0.4, -0.2) is 33.5 Å². The van der Waals surface area contributed by atoms with E-state index in [9.17, 15) is 4.79 Å². The summed E-state index contributed by atoms with van der Waals surface area (Å²) in [5, 5.41) is 2.25. The third kappa shape index (κ3) is 5.45. The largest absolute Gasteiger partial charge is 0.358 e. The van der Waals surface area contributed by atoms with Crippen molar-refractivity contribution in [2.45, 2.75) is 74.3 Å². The minimum absolute atomic E-state index is 0.0504. The van der Waals surface area contributed by atoms with E-state index in [0.29, 0.717) is 27.0 Å². The quantitative estimate of drug-likeness (QED) is 0.363. The molecule has 0 spiro atoms. The van der Waals surface area contributed by atoms with Gasteiger partial charge in [-0.1, -0.05) is 73.8 Å². The van der Waals surface area contributed by atoms with Crippen molar-refractivity contribution >= 4 is 40.9 Å². The maximum Gasteiger partial charge on any atom is 0.252 e. The van der Waals surface area contributed by atoms with Crippen molar-refractivity contribution in [1.82, 2.24) is 4.90 Å². The lowest BCUT2D eigenvalue weighted by atomic mass is 9.89. The molecule has 1 amide bonds. The highest BCUT2D eigenvalue weighted by Gasteiger charge is 2.49. The number of amides is 1. The second-order valence-corrected chi connectivity index (χ2v) is 11.8. The molecule has 0 N–H and O–H groups in total. The number of carbonyl (C=O) groups is 1. The van der Waals surface area contributed by atoms with Crippen LogP contribution in [0.15, 0.2) is 61.2 Å². The average Bonchev–Trinajstić information content (AvgIpc) is 3.22. The summed E-state index contributed by atoms with van der Waals surface area (Å²) >= 11 is 14.6. The minimum atomic E-state index is -0.555. The highest BCUT2D eigenvalue weighted by atomic mass is 35.5. The first-order chi connectivity index (χ1) is 15.9. The number of hydrogen-bond donors (Lipinski definition) is 0. The highest BCUT2D eigenvalue weighted by molar-refractivity contribution is 8.00. The van der Waals surface area contributed by atoms with E-state index in [0.717, 1.165) is 30.4 Å². The van der Waals surface area contributed by atoms with Gasteiger partial charge in [0.15, 0.2) is 0 Å². The van der Waals surface area contributed by atoms with E-state index in [-0.39, 0.29) is 24.1 Å². The molecule has 2 aliphatic rings. The third-order valence-corrected chi connectivity index (χ3v) is 8.35. The lowest BCUT2D eigenvalue weighted by molar-refractivity contribution is -0.178. The molecule has 5 atom stereocenters. The van der Waals surface area contributed by atoms with Crippen LogP contribution in [0.2, 0.25) is 10.0 Å². The third-order valence-electron chi connectivity index (χ3n) is 6.42. The SMILES string of the molecule is C=CC[C@H]1O[C@H](c2cccc(Cl)c2)[C@@H](c2ccc(Cl)cc2)N([C@@H]2CCC[C@H]2SC(C)C)C1=O. The number of carbonyl (C=O) groups excluding carboxylic acids is 1. The first kappa shape index (κ1) is 24.7. The Hall–Kier alpha value is -1.46. The molecule has 2 fully saturated rings. The Morgan fingerprint density at radius 1 is 1.12 bits per heavy atom. The van der Waals surface area contributed by atoms with Crippen LogP contribution in [0, 0.1) is 0 Å². The Bertz CT molecular complexity index is 980. The molecule has 1 saturated heterocycles. The molecule has 0 unspecified atom stereocenters. The molecular weight excluding hydrogens is 473 g/mol. The Morgan fingerprint density at radius 3 is 2.55 bits per heavy atom. The van der Waals surface area contributed by atoms with Gasteiger partial charge in [0.25, 0.3) is 5.91 Å². The van der Waals surface area contributed by atoms with Gasteiger partial charge in [0.1, 0.15) is 12.2 Å². The van der Waals surface area contributed by atoms with Gasteiger partial charge >= 0.3 is 0 Å². The van der Waals surface area contributed by atoms with Crippen LogP contribution in [0.5, 0.6) is 0 Å². The topological polar surface area (TPSA) is 29.5 Å². The first-order valence-electron chi connectivity index (χ1n) is 11.6. The minimum Gasteiger partial charge on any atom is -0.358 e. The fourth-order valence-corrected chi connectivity index (χ4v) is 6.88. The molecule has 4 rings (SSSR count). The maximum absolute atomic E-state index is 13.9. The van der Waals surface area contributed by atoms with E-state index in [4.69, 9.17) is 27.9 Å². The molecule has 2 aromatic carbocycles. The molecule has 1 aliphatic carbocycles. The number of nitrogens with zero attached hydrogens (tertiary/aromatic N) is 1. The van der Waals surface area contributed by atoms with Crippen molar-refractivity contribution in [3.8, 4) is 0 Å². The second-order valence-electron chi connectivity index (χ2n) is 9.09. The van der Waals surface area contributed by atoms with Crippen LogP contribution in [0.3, 0.4) is 0 Å². The van der Waals surface area contributed by atoms with E-state index < -0.39 is 6.10 Å². The number of rotatable bonds is 7. The van der Waals surface area contributed by atoms with Crippen LogP contribution in [-0.2, 0) is 9.53 Å². The van der Waals surface area contributed by atoms with Gasteiger partial charge in [-0.25, -0.2) is 0 Å². The second kappa shape index (κ2) is 10.9. The molecule has 2 aromatic rings. The molecule has 33 heavy (non-hydrogen) atoms. The normalized spacial score (nSPS) is 27.8. The molecule has 0 bridgehead atoms. The number of benzene rings is 2. The van der Waals surface area contributed by atoms with Crippen LogP contribution < -0.4 is 0 Å². The number of ether oxygens (including phenoxy) is 1. The van der Waals surface area contributed by atoms with Gasteiger partial charge < -0.3 is 9.64 Å². The van der Waals surface area contributed by atoms with Crippen molar-refractivity contribution in [3.05, 3.63) is 82.4 Å². The van der Waals surface area contributed by atoms with Gasteiger partial charge in [-0.05, 0) is 53.5 Å². The lowest BCUT2D eigenvalue weighted by Crippen LogP contribution is -2.56. The first-order valence-corrected chi connectivity index (χ1v) is 13.3. The van der Waals surface area contributed by atoms with E-state index in [1.807, 2.05) is 60.3 Å².